The minimum atomic E-state index is 0.574. The minimum absolute atomic E-state index is 0.574. The summed E-state index contributed by atoms with van der Waals surface area (Å²) in [4.78, 5) is 11.4. The van der Waals surface area contributed by atoms with Gasteiger partial charge >= 0.3 is 0 Å². The molecular weight excluding hydrogens is 246 g/mol. The Morgan fingerprint density at radius 3 is 3.06 bits per heavy atom. The molecule has 0 aliphatic heterocycles. The quantitative estimate of drug-likeness (QED) is 0.727. The molecule has 3 aromatic rings. The number of nitrogen functional groups attached to an aromatic ring is 1. The van der Waals surface area contributed by atoms with Crippen molar-refractivity contribution in [2.45, 2.75) is 19.3 Å². The van der Waals surface area contributed by atoms with Crippen LogP contribution < -0.4 is 5.73 Å². The fraction of sp³-hybridized carbons (Fsp3) is 0.231. The van der Waals surface area contributed by atoms with Crippen LogP contribution in [0.25, 0.3) is 21.8 Å². The Bertz CT molecular complexity index is 730. The van der Waals surface area contributed by atoms with Gasteiger partial charge in [-0.2, -0.15) is 0 Å². The molecule has 0 saturated carbocycles. The average molecular weight is 257 g/mol. The first-order chi connectivity index (χ1) is 8.83. The first-order valence-electron chi connectivity index (χ1n) is 5.94. The number of aryl methyl sites for hydroxylation is 2. The summed E-state index contributed by atoms with van der Waals surface area (Å²) in [6, 6.07) is 3.68. The fourth-order valence-corrected chi connectivity index (χ4v) is 3.81. The number of thiophene rings is 1. The van der Waals surface area contributed by atoms with Gasteiger partial charge in [-0.25, -0.2) is 9.97 Å². The zero-order valence-corrected chi connectivity index (χ0v) is 10.5. The Balaban J connectivity index is 2.00. The van der Waals surface area contributed by atoms with Crippen molar-refractivity contribution in [3.05, 3.63) is 28.8 Å². The number of nitrogens with zero attached hydrogens (tertiary/aromatic N) is 2. The standard InChI is InChI=1S/C13H11N3OS/c14-11-10-7-3-1-5-9(7)18-13(10)16-12(15-11)8-4-2-6-17-8/h2,4,6H,1,3,5H2,(H2,14,15,16). The molecule has 0 aromatic carbocycles. The highest BCUT2D eigenvalue weighted by molar-refractivity contribution is 7.19. The van der Waals surface area contributed by atoms with E-state index in [4.69, 9.17) is 10.2 Å². The number of aromatic nitrogens is 2. The summed E-state index contributed by atoms with van der Waals surface area (Å²) in [5, 5.41) is 1.06. The van der Waals surface area contributed by atoms with Gasteiger partial charge < -0.3 is 10.2 Å². The summed E-state index contributed by atoms with van der Waals surface area (Å²) < 4.78 is 5.32. The van der Waals surface area contributed by atoms with Crippen molar-refractivity contribution in [3.63, 3.8) is 0 Å². The summed E-state index contributed by atoms with van der Waals surface area (Å²) in [5.41, 5.74) is 7.45. The highest BCUT2D eigenvalue weighted by Crippen LogP contribution is 2.39. The molecule has 0 fully saturated rings. The zero-order chi connectivity index (χ0) is 12.1. The SMILES string of the molecule is Nc1nc(-c2ccco2)nc2sc3c(c12)CCC3. The van der Waals surface area contributed by atoms with Crippen molar-refractivity contribution < 1.29 is 4.42 Å². The van der Waals surface area contributed by atoms with Gasteiger partial charge in [-0.15, -0.1) is 11.3 Å². The van der Waals surface area contributed by atoms with E-state index < -0.39 is 0 Å². The van der Waals surface area contributed by atoms with Gasteiger partial charge in [0.1, 0.15) is 10.6 Å². The summed E-state index contributed by atoms with van der Waals surface area (Å²) >= 11 is 1.74. The molecule has 4 rings (SSSR count). The van der Waals surface area contributed by atoms with Gasteiger partial charge in [0.2, 0.25) is 0 Å². The smallest absolute Gasteiger partial charge is 0.199 e. The molecule has 0 atom stereocenters. The number of fused-ring (bicyclic) bond motifs is 3. The van der Waals surface area contributed by atoms with Crippen LogP contribution in [-0.4, -0.2) is 9.97 Å². The average Bonchev–Trinajstić information content (AvgIpc) is 3.04. The molecule has 0 unspecified atom stereocenters. The number of anilines is 1. The largest absolute Gasteiger partial charge is 0.461 e. The number of hydrogen-bond acceptors (Lipinski definition) is 5. The van der Waals surface area contributed by atoms with Crippen LogP contribution in [0, 0.1) is 0 Å². The van der Waals surface area contributed by atoms with Crippen LogP contribution in [0.15, 0.2) is 22.8 Å². The van der Waals surface area contributed by atoms with Crippen LogP contribution in [0.3, 0.4) is 0 Å². The third kappa shape index (κ3) is 1.31. The molecule has 0 saturated heterocycles. The summed E-state index contributed by atoms with van der Waals surface area (Å²) in [6.07, 6.45) is 5.08. The number of hydrogen-bond donors (Lipinski definition) is 1. The van der Waals surface area contributed by atoms with Gasteiger partial charge in [-0.1, -0.05) is 0 Å². The topological polar surface area (TPSA) is 64.9 Å². The Kier molecular flexibility index (Phi) is 1.99. The van der Waals surface area contributed by atoms with Crippen molar-refractivity contribution >= 4 is 27.4 Å². The lowest BCUT2D eigenvalue weighted by molar-refractivity contribution is 0.578. The molecule has 0 radical (unpaired) electrons. The highest BCUT2D eigenvalue weighted by atomic mass is 32.1. The van der Waals surface area contributed by atoms with Crippen LogP contribution in [0.2, 0.25) is 0 Å². The van der Waals surface area contributed by atoms with Gasteiger partial charge in [0.05, 0.1) is 11.6 Å². The van der Waals surface area contributed by atoms with E-state index in [1.165, 1.54) is 16.9 Å². The van der Waals surface area contributed by atoms with E-state index in [0.717, 1.165) is 23.1 Å². The molecule has 3 aromatic heterocycles. The number of nitrogens with two attached hydrogens (primary N) is 1. The van der Waals surface area contributed by atoms with Crippen LogP contribution in [0.4, 0.5) is 5.82 Å². The summed E-state index contributed by atoms with van der Waals surface area (Å²) in [6.45, 7) is 0. The third-order valence-electron chi connectivity index (χ3n) is 3.33. The minimum Gasteiger partial charge on any atom is -0.461 e. The van der Waals surface area contributed by atoms with Crippen LogP contribution >= 0.6 is 11.3 Å². The van der Waals surface area contributed by atoms with Gasteiger partial charge in [0, 0.05) is 4.88 Å². The van der Waals surface area contributed by atoms with Crippen molar-refractivity contribution in [2.24, 2.45) is 0 Å². The van der Waals surface area contributed by atoms with Crippen molar-refractivity contribution in [1.82, 2.24) is 9.97 Å². The summed E-state index contributed by atoms with van der Waals surface area (Å²) in [5.74, 6) is 1.81. The van der Waals surface area contributed by atoms with Crippen LogP contribution in [0.5, 0.6) is 0 Å². The van der Waals surface area contributed by atoms with E-state index in [1.54, 1.807) is 17.6 Å². The van der Waals surface area contributed by atoms with E-state index >= 15 is 0 Å². The fourth-order valence-electron chi connectivity index (χ4n) is 2.54. The van der Waals surface area contributed by atoms with E-state index in [1.807, 2.05) is 12.1 Å². The van der Waals surface area contributed by atoms with Crippen LogP contribution in [0.1, 0.15) is 16.9 Å². The normalized spacial score (nSPS) is 14.2. The monoisotopic (exact) mass is 257 g/mol. The second-order valence-corrected chi connectivity index (χ2v) is 5.53. The van der Waals surface area contributed by atoms with E-state index in [-0.39, 0.29) is 0 Å². The van der Waals surface area contributed by atoms with E-state index in [0.29, 0.717) is 17.4 Å². The first-order valence-corrected chi connectivity index (χ1v) is 6.76. The molecule has 1 aliphatic carbocycles. The second-order valence-electron chi connectivity index (χ2n) is 4.45. The molecule has 0 amide bonds. The molecular formula is C13H11N3OS. The van der Waals surface area contributed by atoms with E-state index in [9.17, 15) is 0 Å². The molecule has 0 spiro atoms. The Hall–Kier alpha value is -1.88. The molecule has 5 heteroatoms. The maximum atomic E-state index is 6.09. The van der Waals surface area contributed by atoms with Gasteiger partial charge in [-0.05, 0) is 37.0 Å². The molecule has 3 heterocycles. The second kappa shape index (κ2) is 3.55. The summed E-state index contributed by atoms with van der Waals surface area (Å²) in [7, 11) is 0. The lowest BCUT2D eigenvalue weighted by atomic mass is 10.2. The maximum Gasteiger partial charge on any atom is 0.199 e. The van der Waals surface area contributed by atoms with E-state index in [2.05, 4.69) is 9.97 Å². The van der Waals surface area contributed by atoms with Crippen LogP contribution in [-0.2, 0) is 12.8 Å². The Morgan fingerprint density at radius 2 is 2.22 bits per heavy atom. The number of furan rings is 1. The van der Waals surface area contributed by atoms with Gasteiger partial charge in [0.15, 0.2) is 11.6 Å². The van der Waals surface area contributed by atoms with Gasteiger partial charge in [-0.3, -0.25) is 0 Å². The van der Waals surface area contributed by atoms with Crippen molar-refractivity contribution in [3.8, 4) is 11.6 Å². The van der Waals surface area contributed by atoms with Crippen molar-refractivity contribution in [2.75, 3.05) is 5.73 Å². The molecule has 1 aliphatic rings. The molecule has 90 valence electrons. The highest BCUT2D eigenvalue weighted by Gasteiger charge is 2.21. The third-order valence-corrected chi connectivity index (χ3v) is 4.52. The molecule has 2 N–H and O–H groups in total. The van der Waals surface area contributed by atoms with Crippen molar-refractivity contribution in [1.29, 1.82) is 0 Å². The predicted octanol–water partition coefficient (Wildman–Crippen LogP) is 3.02. The number of rotatable bonds is 1. The maximum absolute atomic E-state index is 6.09. The molecule has 4 nitrogen and oxygen atoms in total. The van der Waals surface area contributed by atoms with Gasteiger partial charge in [0.25, 0.3) is 0 Å². The zero-order valence-electron chi connectivity index (χ0n) is 9.64. The molecule has 18 heavy (non-hydrogen) atoms. The first kappa shape index (κ1) is 10.1. The Labute approximate surface area is 107 Å². The lowest BCUT2D eigenvalue weighted by Crippen LogP contribution is -1.96. The Morgan fingerprint density at radius 1 is 1.28 bits per heavy atom. The predicted molar refractivity (Wildman–Crippen MR) is 71.6 cm³/mol. The lowest BCUT2D eigenvalue weighted by Gasteiger charge is -2.01. The molecule has 0 bridgehead atoms.